The van der Waals surface area contributed by atoms with E-state index in [4.69, 9.17) is 5.73 Å². The highest BCUT2D eigenvalue weighted by atomic mass is 19.1. The number of nitrogens with two attached hydrogens (primary N) is 1. The molecule has 0 saturated heterocycles. The van der Waals surface area contributed by atoms with Crippen molar-refractivity contribution < 1.29 is 9.18 Å². The molecule has 1 unspecified atom stereocenters. The highest BCUT2D eigenvalue weighted by Crippen LogP contribution is 2.34. The molecule has 4 heteroatoms. The van der Waals surface area contributed by atoms with Gasteiger partial charge in [0.1, 0.15) is 5.82 Å². The zero-order valence-corrected chi connectivity index (χ0v) is 9.90. The predicted octanol–water partition coefficient (Wildman–Crippen LogP) is 1.64. The molecular formula is C13H17FN2O. The lowest BCUT2D eigenvalue weighted by Gasteiger charge is -2.27. The number of amides is 1. The Balaban J connectivity index is 2.10. The van der Waals surface area contributed by atoms with Crippen LogP contribution in [-0.4, -0.2) is 30.4 Å². The highest BCUT2D eigenvalue weighted by Gasteiger charge is 2.34. The molecule has 0 aliphatic heterocycles. The average molecular weight is 236 g/mol. The molecule has 1 saturated carbocycles. The molecule has 1 fully saturated rings. The van der Waals surface area contributed by atoms with Crippen molar-refractivity contribution in [2.24, 2.45) is 11.7 Å². The number of carbonyl (C=O) groups excluding carboxylic acids is 1. The lowest BCUT2D eigenvalue weighted by molar-refractivity contribution is 0.0718. The van der Waals surface area contributed by atoms with E-state index in [2.05, 4.69) is 0 Å². The Morgan fingerprint density at radius 2 is 2.06 bits per heavy atom. The lowest BCUT2D eigenvalue weighted by atomic mass is 10.1. The Hall–Kier alpha value is -1.42. The first-order chi connectivity index (χ1) is 8.13. The van der Waals surface area contributed by atoms with Gasteiger partial charge in [-0.25, -0.2) is 4.39 Å². The molecule has 3 nitrogen and oxygen atoms in total. The molecule has 17 heavy (non-hydrogen) atoms. The summed E-state index contributed by atoms with van der Waals surface area (Å²) in [6.07, 6.45) is 2.28. The highest BCUT2D eigenvalue weighted by molar-refractivity contribution is 5.94. The molecule has 1 aromatic rings. The Morgan fingerprint density at radius 1 is 1.47 bits per heavy atom. The van der Waals surface area contributed by atoms with Gasteiger partial charge in [0, 0.05) is 25.2 Å². The second kappa shape index (κ2) is 4.84. The van der Waals surface area contributed by atoms with E-state index in [1.165, 1.54) is 24.3 Å². The zero-order chi connectivity index (χ0) is 12.4. The summed E-state index contributed by atoms with van der Waals surface area (Å²) in [6.45, 7) is 0.480. The van der Waals surface area contributed by atoms with E-state index in [1.54, 1.807) is 11.9 Å². The van der Waals surface area contributed by atoms with Crippen molar-refractivity contribution in [2.45, 2.75) is 18.9 Å². The van der Waals surface area contributed by atoms with Crippen LogP contribution in [0.25, 0.3) is 0 Å². The maximum Gasteiger partial charge on any atom is 0.253 e. The van der Waals surface area contributed by atoms with Crippen molar-refractivity contribution >= 4 is 5.91 Å². The molecular weight excluding hydrogens is 219 g/mol. The third-order valence-electron chi connectivity index (χ3n) is 3.32. The quantitative estimate of drug-likeness (QED) is 0.863. The fraction of sp³-hybridized carbons (Fsp3) is 0.462. The SMILES string of the molecule is CN(C(=O)c1ccc(F)cc1)C(CN)C1CC1. The van der Waals surface area contributed by atoms with Crippen LogP contribution in [0.1, 0.15) is 23.2 Å². The van der Waals surface area contributed by atoms with Gasteiger partial charge in [0.2, 0.25) is 0 Å². The van der Waals surface area contributed by atoms with Crippen LogP contribution < -0.4 is 5.73 Å². The van der Waals surface area contributed by atoms with Crippen molar-refractivity contribution in [1.29, 1.82) is 0 Å². The lowest BCUT2D eigenvalue weighted by Crippen LogP contribution is -2.43. The van der Waals surface area contributed by atoms with Crippen LogP contribution >= 0.6 is 0 Å². The number of rotatable bonds is 4. The number of carbonyl (C=O) groups is 1. The number of nitrogens with zero attached hydrogens (tertiary/aromatic N) is 1. The van der Waals surface area contributed by atoms with E-state index in [-0.39, 0.29) is 17.8 Å². The third-order valence-corrected chi connectivity index (χ3v) is 3.32. The molecule has 1 amide bonds. The fourth-order valence-electron chi connectivity index (χ4n) is 2.09. The molecule has 2 rings (SSSR count). The van der Waals surface area contributed by atoms with Crippen molar-refractivity contribution in [3.05, 3.63) is 35.6 Å². The number of hydrogen-bond acceptors (Lipinski definition) is 2. The molecule has 0 heterocycles. The van der Waals surface area contributed by atoms with Gasteiger partial charge in [-0.1, -0.05) is 0 Å². The van der Waals surface area contributed by atoms with Gasteiger partial charge in [-0.3, -0.25) is 4.79 Å². The van der Waals surface area contributed by atoms with Gasteiger partial charge in [0.15, 0.2) is 0 Å². The molecule has 0 radical (unpaired) electrons. The molecule has 0 aromatic heterocycles. The molecule has 92 valence electrons. The van der Waals surface area contributed by atoms with Crippen molar-refractivity contribution in [1.82, 2.24) is 4.90 Å². The number of halogens is 1. The van der Waals surface area contributed by atoms with Crippen LogP contribution in [0.3, 0.4) is 0 Å². The molecule has 1 aromatic carbocycles. The Morgan fingerprint density at radius 3 is 2.53 bits per heavy atom. The van der Waals surface area contributed by atoms with Crippen molar-refractivity contribution in [2.75, 3.05) is 13.6 Å². The van der Waals surface area contributed by atoms with Crippen LogP contribution in [0.5, 0.6) is 0 Å². The van der Waals surface area contributed by atoms with Crippen LogP contribution in [0.2, 0.25) is 0 Å². The van der Waals surface area contributed by atoms with E-state index >= 15 is 0 Å². The standard InChI is InChI=1S/C13H17FN2O/c1-16(12(8-15)9-2-3-9)13(17)10-4-6-11(14)7-5-10/h4-7,9,12H,2-3,8,15H2,1H3. The van der Waals surface area contributed by atoms with E-state index in [0.29, 0.717) is 18.0 Å². The molecule has 1 aliphatic carbocycles. The first kappa shape index (κ1) is 12.0. The largest absolute Gasteiger partial charge is 0.337 e. The summed E-state index contributed by atoms with van der Waals surface area (Å²) in [5.74, 6) is 0.114. The van der Waals surface area contributed by atoms with Gasteiger partial charge in [-0.15, -0.1) is 0 Å². The van der Waals surface area contributed by atoms with E-state index in [9.17, 15) is 9.18 Å². The molecule has 2 N–H and O–H groups in total. The minimum absolute atomic E-state index is 0.0904. The van der Waals surface area contributed by atoms with Gasteiger partial charge in [0.05, 0.1) is 0 Å². The van der Waals surface area contributed by atoms with Gasteiger partial charge in [-0.05, 0) is 43.0 Å². The van der Waals surface area contributed by atoms with Crippen LogP contribution in [0, 0.1) is 11.7 Å². The number of hydrogen-bond donors (Lipinski definition) is 1. The summed E-state index contributed by atoms with van der Waals surface area (Å²) in [7, 11) is 1.77. The average Bonchev–Trinajstić information content (AvgIpc) is 3.14. The minimum Gasteiger partial charge on any atom is -0.337 e. The minimum atomic E-state index is -0.332. The topological polar surface area (TPSA) is 46.3 Å². The molecule has 0 bridgehead atoms. The van der Waals surface area contributed by atoms with Crippen molar-refractivity contribution in [3.8, 4) is 0 Å². The second-order valence-electron chi connectivity index (χ2n) is 4.56. The van der Waals surface area contributed by atoms with Gasteiger partial charge >= 0.3 is 0 Å². The van der Waals surface area contributed by atoms with Crippen LogP contribution in [0.15, 0.2) is 24.3 Å². The number of likely N-dealkylation sites (N-methyl/N-ethyl adjacent to an activating group) is 1. The van der Waals surface area contributed by atoms with E-state index in [1.807, 2.05) is 0 Å². The summed E-state index contributed by atoms with van der Waals surface area (Å²) >= 11 is 0. The summed E-state index contributed by atoms with van der Waals surface area (Å²) in [6, 6.07) is 5.72. The normalized spacial score (nSPS) is 16.6. The predicted molar refractivity (Wildman–Crippen MR) is 64.1 cm³/mol. The summed E-state index contributed by atoms with van der Waals surface area (Å²) in [5.41, 5.74) is 6.21. The molecule has 0 spiro atoms. The Labute approximate surface area is 100 Å². The van der Waals surface area contributed by atoms with Gasteiger partial charge in [0.25, 0.3) is 5.91 Å². The maximum atomic E-state index is 12.8. The van der Waals surface area contributed by atoms with E-state index < -0.39 is 0 Å². The first-order valence-corrected chi connectivity index (χ1v) is 5.86. The Kier molecular flexibility index (Phi) is 3.43. The summed E-state index contributed by atoms with van der Waals surface area (Å²) in [5, 5.41) is 0. The number of benzene rings is 1. The van der Waals surface area contributed by atoms with Crippen LogP contribution in [0.4, 0.5) is 4.39 Å². The summed E-state index contributed by atoms with van der Waals surface area (Å²) in [4.78, 5) is 13.8. The molecule has 1 aliphatic rings. The summed E-state index contributed by atoms with van der Waals surface area (Å²) < 4.78 is 12.8. The monoisotopic (exact) mass is 236 g/mol. The first-order valence-electron chi connectivity index (χ1n) is 5.86. The van der Waals surface area contributed by atoms with Gasteiger partial charge < -0.3 is 10.6 Å². The van der Waals surface area contributed by atoms with Crippen LogP contribution in [-0.2, 0) is 0 Å². The maximum absolute atomic E-state index is 12.8. The molecule has 1 atom stereocenters. The zero-order valence-electron chi connectivity index (χ0n) is 9.90. The third kappa shape index (κ3) is 2.64. The van der Waals surface area contributed by atoms with Gasteiger partial charge in [-0.2, -0.15) is 0 Å². The second-order valence-corrected chi connectivity index (χ2v) is 4.56. The Bertz CT molecular complexity index is 400. The van der Waals surface area contributed by atoms with E-state index in [0.717, 1.165) is 12.8 Å². The smallest absolute Gasteiger partial charge is 0.253 e. The van der Waals surface area contributed by atoms with Crippen molar-refractivity contribution in [3.63, 3.8) is 0 Å². The fourth-order valence-corrected chi connectivity index (χ4v) is 2.09.